The summed E-state index contributed by atoms with van der Waals surface area (Å²) >= 11 is 3.15. The lowest BCUT2D eigenvalue weighted by Gasteiger charge is -2.04. The maximum atomic E-state index is 11.9. The summed E-state index contributed by atoms with van der Waals surface area (Å²) in [6, 6.07) is 5.35. The van der Waals surface area contributed by atoms with E-state index in [-0.39, 0.29) is 5.91 Å². The largest absolute Gasteiger partial charge is 0.323 e. The van der Waals surface area contributed by atoms with Crippen molar-refractivity contribution in [2.75, 3.05) is 23.4 Å². The Morgan fingerprint density at radius 3 is 3.26 bits per heavy atom. The van der Waals surface area contributed by atoms with Crippen molar-refractivity contribution in [2.24, 2.45) is 4.99 Å². The number of nitrogens with zero attached hydrogens (tertiary/aromatic N) is 3. The van der Waals surface area contributed by atoms with Crippen molar-refractivity contribution in [1.82, 2.24) is 10.3 Å². The van der Waals surface area contributed by atoms with Crippen molar-refractivity contribution in [2.45, 2.75) is 0 Å². The molecule has 0 saturated carbocycles. The molecule has 1 aromatic carbocycles. The maximum Gasteiger partial charge on any atom is 0.234 e. The fraction of sp³-hybridized carbons (Fsp3) is 0.273. The van der Waals surface area contributed by atoms with Crippen molar-refractivity contribution >= 4 is 50.5 Å². The molecule has 1 aromatic heterocycles. The third kappa shape index (κ3) is 2.90. The molecule has 0 atom stereocenters. The summed E-state index contributed by atoms with van der Waals surface area (Å²) in [5.41, 5.74) is 1.81. The molecule has 0 aliphatic carbocycles. The van der Waals surface area contributed by atoms with E-state index in [0.717, 1.165) is 16.7 Å². The molecule has 0 radical (unpaired) electrons. The summed E-state index contributed by atoms with van der Waals surface area (Å²) in [5, 5.41) is 10.3. The van der Waals surface area contributed by atoms with E-state index in [1.54, 1.807) is 30.0 Å². The van der Waals surface area contributed by atoms with Crippen molar-refractivity contribution in [3.05, 3.63) is 18.2 Å². The summed E-state index contributed by atoms with van der Waals surface area (Å²) in [7, 11) is 0. The van der Waals surface area contributed by atoms with Gasteiger partial charge in [0.2, 0.25) is 5.91 Å². The number of aromatic nitrogens is 2. The minimum Gasteiger partial charge on any atom is -0.323 e. The second-order valence-corrected chi connectivity index (χ2v) is 6.08. The fourth-order valence-electron chi connectivity index (χ4n) is 1.62. The molecule has 8 heteroatoms. The first kappa shape index (κ1) is 12.5. The molecular weight excluding hydrogens is 284 g/mol. The molecule has 0 bridgehead atoms. The second kappa shape index (κ2) is 5.62. The summed E-state index contributed by atoms with van der Waals surface area (Å²) in [4.78, 5) is 16.1. The van der Waals surface area contributed by atoms with Gasteiger partial charge in [0.25, 0.3) is 0 Å². The molecule has 1 aliphatic rings. The van der Waals surface area contributed by atoms with Crippen LogP contribution in [0.5, 0.6) is 0 Å². The fourth-order valence-corrected chi connectivity index (χ4v) is 3.43. The van der Waals surface area contributed by atoms with Gasteiger partial charge in [-0.05, 0) is 22.4 Å². The SMILES string of the molecule is O=C(CSC1=NCCS1)Nc1cccc2nonc12. The predicted molar refractivity (Wildman–Crippen MR) is 77.7 cm³/mol. The van der Waals surface area contributed by atoms with Gasteiger partial charge < -0.3 is 5.32 Å². The molecule has 1 N–H and O–H groups in total. The van der Waals surface area contributed by atoms with Gasteiger partial charge in [0.05, 0.1) is 18.0 Å². The number of benzene rings is 1. The van der Waals surface area contributed by atoms with Gasteiger partial charge in [0.15, 0.2) is 5.52 Å². The van der Waals surface area contributed by atoms with Crippen LogP contribution in [0.1, 0.15) is 0 Å². The molecule has 0 unspecified atom stereocenters. The van der Waals surface area contributed by atoms with Crippen molar-refractivity contribution in [3.8, 4) is 0 Å². The summed E-state index contributed by atoms with van der Waals surface area (Å²) < 4.78 is 5.63. The zero-order chi connectivity index (χ0) is 13.1. The van der Waals surface area contributed by atoms with Gasteiger partial charge in [-0.25, -0.2) is 4.63 Å². The highest BCUT2D eigenvalue weighted by Gasteiger charge is 2.12. The smallest absolute Gasteiger partial charge is 0.234 e. The maximum absolute atomic E-state index is 11.9. The highest BCUT2D eigenvalue weighted by molar-refractivity contribution is 8.39. The standard InChI is InChI=1S/C11H10N4O2S2/c16-9(6-19-11-12-4-5-18-11)13-7-2-1-3-8-10(7)15-17-14-8/h1-3H,4-6H2,(H,13,16). The number of rotatable bonds is 3. The van der Waals surface area contributed by atoms with Gasteiger partial charge in [-0.3, -0.25) is 9.79 Å². The zero-order valence-corrected chi connectivity index (χ0v) is 11.5. The quantitative estimate of drug-likeness (QED) is 0.932. The van der Waals surface area contributed by atoms with Crippen LogP contribution in [0.2, 0.25) is 0 Å². The molecule has 2 aromatic rings. The molecule has 6 nitrogen and oxygen atoms in total. The van der Waals surface area contributed by atoms with Crippen LogP contribution in [0.3, 0.4) is 0 Å². The summed E-state index contributed by atoms with van der Waals surface area (Å²) in [6.07, 6.45) is 0. The van der Waals surface area contributed by atoms with Crippen LogP contribution >= 0.6 is 23.5 Å². The van der Waals surface area contributed by atoms with Crippen LogP contribution in [-0.4, -0.2) is 38.6 Å². The molecular formula is C11H10N4O2S2. The second-order valence-electron chi connectivity index (χ2n) is 3.77. The Balaban J connectivity index is 1.64. The van der Waals surface area contributed by atoms with Crippen molar-refractivity contribution in [3.63, 3.8) is 0 Å². The number of anilines is 1. The van der Waals surface area contributed by atoms with Crippen LogP contribution in [0.4, 0.5) is 5.69 Å². The zero-order valence-electron chi connectivity index (χ0n) is 9.83. The normalized spacial score (nSPS) is 14.6. The number of amides is 1. The monoisotopic (exact) mass is 294 g/mol. The lowest BCUT2D eigenvalue weighted by molar-refractivity contribution is -0.113. The third-order valence-electron chi connectivity index (χ3n) is 2.44. The van der Waals surface area contributed by atoms with E-state index >= 15 is 0 Å². The first-order valence-corrected chi connectivity index (χ1v) is 7.61. The van der Waals surface area contributed by atoms with Gasteiger partial charge >= 0.3 is 0 Å². The number of hydrogen-bond donors (Lipinski definition) is 1. The molecule has 19 heavy (non-hydrogen) atoms. The average Bonchev–Trinajstić information content (AvgIpc) is 3.08. The van der Waals surface area contributed by atoms with Gasteiger partial charge in [-0.1, -0.05) is 29.6 Å². The van der Waals surface area contributed by atoms with E-state index in [1.807, 2.05) is 0 Å². The van der Waals surface area contributed by atoms with Gasteiger partial charge in [0.1, 0.15) is 9.89 Å². The molecule has 1 aliphatic heterocycles. The van der Waals surface area contributed by atoms with Crippen LogP contribution < -0.4 is 5.32 Å². The number of carbonyl (C=O) groups excluding carboxylic acids is 1. The first-order chi connectivity index (χ1) is 9.33. The van der Waals surface area contributed by atoms with E-state index < -0.39 is 0 Å². The van der Waals surface area contributed by atoms with Gasteiger partial charge in [-0.15, -0.1) is 0 Å². The molecule has 2 heterocycles. The lowest BCUT2D eigenvalue weighted by Crippen LogP contribution is -2.15. The molecule has 3 rings (SSSR count). The number of hydrogen-bond acceptors (Lipinski definition) is 7. The van der Waals surface area contributed by atoms with Crippen LogP contribution in [0.15, 0.2) is 27.8 Å². The predicted octanol–water partition coefficient (Wildman–Crippen LogP) is 2.00. The highest BCUT2D eigenvalue weighted by atomic mass is 32.2. The molecule has 0 fully saturated rings. The Labute approximate surface area is 117 Å². The van der Waals surface area contributed by atoms with E-state index in [0.29, 0.717) is 22.5 Å². The minimum atomic E-state index is -0.0873. The summed E-state index contributed by atoms with van der Waals surface area (Å²) in [6.45, 7) is 0.846. The number of fused-ring (bicyclic) bond motifs is 1. The van der Waals surface area contributed by atoms with Crippen molar-refractivity contribution in [1.29, 1.82) is 0 Å². The molecule has 1 amide bonds. The average molecular weight is 294 g/mol. The van der Waals surface area contributed by atoms with E-state index in [1.165, 1.54) is 11.8 Å². The Bertz CT molecular complexity index is 640. The Hall–Kier alpha value is -1.54. The number of carbonyl (C=O) groups is 1. The molecule has 0 spiro atoms. The van der Waals surface area contributed by atoms with Crippen LogP contribution in [-0.2, 0) is 4.79 Å². The van der Waals surface area contributed by atoms with Crippen LogP contribution in [0, 0.1) is 0 Å². The highest BCUT2D eigenvalue weighted by Crippen LogP contribution is 2.23. The number of thioether (sulfide) groups is 2. The Morgan fingerprint density at radius 1 is 1.47 bits per heavy atom. The topological polar surface area (TPSA) is 80.4 Å². The van der Waals surface area contributed by atoms with E-state index in [2.05, 4.69) is 25.3 Å². The Morgan fingerprint density at radius 2 is 2.42 bits per heavy atom. The van der Waals surface area contributed by atoms with Gasteiger partial charge in [0, 0.05) is 5.75 Å². The third-order valence-corrected chi connectivity index (χ3v) is 4.70. The minimum absolute atomic E-state index is 0.0873. The van der Waals surface area contributed by atoms with Crippen LogP contribution in [0.25, 0.3) is 11.0 Å². The van der Waals surface area contributed by atoms with E-state index in [9.17, 15) is 4.79 Å². The van der Waals surface area contributed by atoms with E-state index in [4.69, 9.17) is 0 Å². The molecule has 0 saturated heterocycles. The number of aliphatic imine (C=N–C) groups is 1. The summed E-state index contributed by atoms with van der Waals surface area (Å²) in [5.74, 6) is 1.26. The number of nitrogens with one attached hydrogen (secondary N) is 1. The Kier molecular flexibility index (Phi) is 3.69. The first-order valence-electron chi connectivity index (χ1n) is 5.64. The van der Waals surface area contributed by atoms with Gasteiger partial charge in [-0.2, -0.15) is 0 Å². The lowest BCUT2D eigenvalue weighted by atomic mass is 10.2. The molecule has 98 valence electrons. The van der Waals surface area contributed by atoms with Crippen molar-refractivity contribution < 1.29 is 9.42 Å².